The van der Waals surface area contributed by atoms with E-state index in [1.54, 1.807) is 4.68 Å². The van der Waals surface area contributed by atoms with Crippen LogP contribution in [0.1, 0.15) is 29.4 Å². The average molecular weight is 358 g/mol. The minimum absolute atomic E-state index is 0.00215. The number of rotatable bonds is 4. The van der Waals surface area contributed by atoms with Crippen molar-refractivity contribution in [2.45, 2.75) is 39.8 Å². The number of nitrogens with zero attached hydrogens (tertiary/aromatic N) is 2. The summed E-state index contributed by atoms with van der Waals surface area (Å²) in [7, 11) is 0. The lowest BCUT2D eigenvalue weighted by molar-refractivity contribution is 0.525. The predicted molar refractivity (Wildman–Crippen MR) is 82.2 cm³/mol. The number of benzene rings is 1. The molecule has 0 radical (unpaired) electrons. The maximum absolute atomic E-state index is 14.0. The van der Waals surface area contributed by atoms with Gasteiger partial charge in [-0.1, -0.05) is 0 Å². The summed E-state index contributed by atoms with van der Waals surface area (Å²) in [4.78, 5) is 0. The third kappa shape index (κ3) is 3.32. The Kier molecular flexibility index (Phi) is 4.78. The van der Waals surface area contributed by atoms with Gasteiger partial charge in [-0.25, -0.2) is 8.78 Å². The highest BCUT2D eigenvalue weighted by Gasteiger charge is 2.17. The molecule has 2 N–H and O–H groups in total. The lowest BCUT2D eigenvalue weighted by Crippen LogP contribution is -2.18. The molecule has 1 atom stereocenters. The largest absolute Gasteiger partial charge is 0.328 e. The Morgan fingerprint density at radius 3 is 2.57 bits per heavy atom. The van der Waals surface area contributed by atoms with Gasteiger partial charge in [-0.2, -0.15) is 5.10 Å². The average Bonchev–Trinajstić information content (AvgIpc) is 2.66. The van der Waals surface area contributed by atoms with E-state index in [4.69, 9.17) is 5.73 Å². The van der Waals surface area contributed by atoms with Gasteiger partial charge in [0.15, 0.2) is 0 Å². The van der Waals surface area contributed by atoms with E-state index in [9.17, 15) is 8.78 Å². The number of hydrogen-bond donors (Lipinski definition) is 1. The quantitative estimate of drug-likeness (QED) is 0.851. The summed E-state index contributed by atoms with van der Waals surface area (Å²) in [5.74, 6) is -1.16. The molecule has 0 spiro atoms. The van der Waals surface area contributed by atoms with Crippen LogP contribution in [0.2, 0.25) is 0 Å². The first kappa shape index (κ1) is 16.1. The number of nitrogens with two attached hydrogens (primary N) is 1. The second kappa shape index (κ2) is 6.23. The van der Waals surface area contributed by atoms with Crippen LogP contribution in [0.25, 0.3) is 0 Å². The molecule has 6 heteroatoms. The SMILES string of the molecule is Cc1nn(Cc2c(F)ccc(Br)c2F)c(C)c1CC(C)N. The lowest BCUT2D eigenvalue weighted by atomic mass is 10.1. The van der Waals surface area contributed by atoms with Gasteiger partial charge in [-0.3, -0.25) is 4.68 Å². The molecule has 0 aliphatic carbocycles. The van der Waals surface area contributed by atoms with Crippen molar-refractivity contribution in [2.24, 2.45) is 5.73 Å². The van der Waals surface area contributed by atoms with Crippen LogP contribution in [0.15, 0.2) is 16.6 Å². The molecule has 2 rings (SSSR count). The molecule has 1 aromatic carbocycles. The van der Waals surface area contributed by atoms with Crippen molar-refractivity contribution in [1.82, 2.24) is 9.78 Å². The maximum Gasteiger partial charge on any atom is 0.145 e. The molecule has 0 saturated heterocycles. The number of hydrogen-bond acceptors (Lipinski definition) is 2. The second-order valence-corrected chi connectivity index (χ2v) is 6.16. The van der Waals surface area contributed by atoms with Gasteiger partial charge in [-0.05, 0) is 60.8 Å². The predicted octanol–water partition coefficient (Wildman–Crippen LogP) is 3.48. The molecule has 0 fully saturated rings. The van der Waals surface area contributed by atoms with Gasteiger partial charge in [-0.15, -0.1) is 0 Å². The summed E-state index contributed by atoms with van der Waals surface area (Å²) < 4.78 is 29.8. The zero-order valence-corrected chi connectivity index (χ0v) is 13.8. The summed E-state index contributed by atoms with van der Waals surface area (Å²) in [5, 5.41) is 4.38. The third-order valence-electron chi connectivity index (χ3n) is 3.50. The fourth-order valence-corrected chi connectivity index (χ4v) is 2.74. The van der Waals surface area contributed by atoms with Gasteiger partial charge in [0.05, 0.1) is 16.7 Å². The van der Waals surface area contributed by atoms with E-state index in [0.717, 1.165) is 17.0 Å². The van der Waals surface area contributed by atoms with Crippen molar-refractivity contribution >= 4 is 15.9 Å². The number of aryl methyl sites for hydroxylation is 1. The van der Waals surface area contributed by atoms with Crippen molar-refractivity contribution in [2.75, 3.05) is 0 Å². The highest BCUT2D eigenvalue weighted by molar-refractivity contribution is 9.10. The van der Waals surface area contributed by atoms with Crippen LogP contribution < -0.4 is 5.73 Å². The monoisotopic (exact) mass is 357 g/mol. The molecule has 0 amide bonds. The van der Waals surface area contributed by atoms with Crippen LogP contribution in [-0.2, 0) is 13.0 Å². The van der Waals surface area contributed by atoms with Crippen LogP contribution in [0.4, 0.5) is 8.78 Å². The topological polar surface area (TPSA) is 43.8 Å². The lowest BCUT2D eigenvalue weighted by Gasteiger charge is -2.10. The van der Waals surface area contributed by atoms with Crippen LogP contribution in [0.5, 0.6) is 0 Å². The molecule has 114 valence electrons. The first-order valence-corrected chi connectivity index (χ1v) is 7.51. The van der Waals surface area contributed by atoms with Gasteiger partial charge in [0.25, 0.3) is 0 Å². The van der Waals surface area contributed by atoms with Crippen molar-refractivity contribution in [3.63, 3.8) is 0 Å². The van der Waals surface area contributed by atoms with E-state index in [1.165, 1.54) is 12.1 Å². The molecule has 3 nitrogen and oxygen atoms in total. The minimum Gasteiger partial charge on any atom is -0.328 e. The summed E-state index contributed by atoms with van der Waals surface area (Å²) in [6, 6.07) is 2.62. The molecule has 1 heterocycles. The Bertz CT molecular complexity index is 665. The first-order chi connectivity index (χ1) is 9.81. The maximum atomic E-state index is 14.0. The van der Waals surface area contributed by atoms with Gasteiger partial charge < -0.3 is 5.73 Å². The van der Waals surface area contributed by atoms with Gasteiger partial charge in [0.2, 0.25) is 0 Å². The van der Waals surface area contributed by atoms with E-state index in [-0.39, 0.29) is 22.6 Å². The van der Waals surface area contributed by atoms with Gasteiger partial charge >= 0.3 is 0 Å². The Morgan fingerprint density at radius 2 is 1.95 bits per heavy atom. The Hall–Kier alpha value is -1.27. The van der Waals surface area contributed by atoms with Gasteiger partial charge in [0.1, 0.15) is 11.6 Å². The highest BCUT2D eigenvalue weighted by atomic mass is 79.9. The molecule has 1 unspecified atom stereocenters. The molecule has 0 aliphatic rings. The van der Waals surface area contributed by atoms with E-state index in [0.29, 0.717) is 6.42 Å². The van der Waals surface area contributed by atoms with E-state index < -0.39 is 11.6 Å². The Morgan fingerprint density at radius 1 is 1.29 bits per heavy atom. The zero-order valence-electron chi connectivity index (χ0n) is 12.3. The summed E-state index contributed by atoms with van der Waals surface area (Å²) in [6.07, 6.45) is 0.696. The van der Waals surface area contributed by atoms with E-state index in [2.05, 4.69) is 21.0 Å². The van der Waals surface area contributed by atoms with Gasteiger partial charge in [0, 0.05) is 17.3 Å². The second-order valence-electron chi connectivity index (χ2n) is 5.31. The van der Waals surface area contributed by atoms with Crippen LogP contribution in [0, 0.1) is 25.5 Å². The Balaban J connectivity index is 2.39. The summed E-state index contributed by atoms with van der Waals surface area (Å²) in [5.41, 5.74) is 8.61. The smallest absolute Gasteiger partial charge is 0.145 e. The fourth-order valence-electron chi connectivity index (χ4n) is 2.37. The summed E-state index contributed by atoms with van der Waals surface area (Å²) in [6.45, 7) is 5.76. The molecule has 21 heavy (non-hydrogen) atoms. The Labute approximate surface area is 131 Å². The van der Waals surface area contributed by atoms with Crippen LogP contribution >= 0.6 is 15.9 Å². The standard InChI is InChI=1S/C15H18BrF2N3/c1-8(19)6-11-9(2)20-21(10(11)3)7-12-14(17)5-4-13(16)15(12)18/h4-5,8H,6-7,19H2,1-3H3. The van der Waals surface area contributed by atoms with Crippen molar-refractivity contribution < 1.29 is 8.78 Å². The molecule has 2 aromatic rings. The molecule has 0 saturated carbocycles. The number of aromatic nitrogens is 2. The molecular formula is C15H18BrF2N3. The normalized spacial score (nSPS) is 12.7. The summed E-state index contributed by atoms with van der Waals surface area (Å²) >= 11 is 3.08. The fraction of sp³-hybridized carbons (Fsp3) is 0.400. The molecular weight excluding hydrogens is 340 g/mol. The molecule has 1 aromatic heterocycles. The van der Waals surface area contributed by atoms with Crippen molar-refractivity contribution in [3.05, 3.63) is 50.8 Å². The zero-order chi connectivity index (χ0) is 15.7. The first-order valence-electron chi connectivity index (χ1n) is 6.72. The van der Waals surface area contributed by atoms with E-state index in [1.807, 2.05) is 20.8 Å². The van der Waals surface area contributed by atoms with Crippen molar-refractivity contribution in [1.29, 1.82) is 0 Å². The molecule has 0 aliphatic heterocycles. The van der Waals surface area contributed by atoms with Crippen molar-refractivity contribution in [3.8, 4) is 0 Å². The van der Waals surface area contributed by atoms with E-state index >= 15 is 0 Å². The third-order valence-corrected chi connectivity index (χ3v) is 4.12. The number of halogens is 3. The highest BCUT2D eigenvalue weighted by Crippen LogP contribution is 2.24. The van der Waals surface area contributed by atoms with Crippen LogP contribution in [-0.4, -0.2) is 15.8 Å². The minimum atomic E-state index is -0.587. The van der Waals surface area contributed by atoms with Crippen LogP contribution in [0.3, 0.4) is 0 Å². The molecule has 0 bridgehead atoms.